The second-order valence-corrected chi connectivity index (χ2v) is 10.1. The Morgan fingerprint density at radius 3 is 2.09 bits per heavy atom. The van der Waals surface area contributed by atoms with E-state index < -0.39 is 10.0 Å². The number of hydrogen-bond donors (Lipinski definition) is 0. The summed E-state index contributed by atoms with van der Waals surface area (Å²) < 4.78 is 28.4. The normalized spacial score (nSPS) is 14.2. The van der Waals surface area contributed by atoms with Crippen LogP contribution in [-0.4, -0.2) is 32.3 Å². The number of carbonyl (C=O) groups is 1. The molecule has 5 nitrogen and oxygen atoms in total. The molecule has 4 rings (SSSR count). The van der Waals surface area contributed by atoms with Crippen molar-refractivity contribution in [2.24, 2.45) is 0 Å². The average Bonchev–Trinajstić information content (AvgIpc) is 2.84. The summed E-state index contributed by atoms with van der Waals surface area (Å²) in [5.41, 5.74) is 1.88. The highest BCUT2D eigenvalue weighted by Crippen LogP contribution is 2.27. The maximum atomic E-state index is 13.5. The second-order valence-electron chi connectivity index (χ2n) is 7.85. The zero-order valence-corrected chi connectivity index (χ0v) is 19.2. The summed E-state index contributed by atoms with van der Waals surface area (Å²) in [4.78, 5) is 14.9. The average molecular weight is 469 g/mol. The summed E-state index contributed by atoms with van der Waals surface area (Å²) in [6, 6.07) is 22.3. The lowest BCUT2D eigenvalue weighted by Crippen LogP contribution is -2.35. The van der Waals surface area contributed by atoms with Gasteiger partial charge < -0.3 is 4.90 Å². The van der Waals surface area contributed by atoms with Crippen LogP contribution in [0.4, 0.5) is 5.69 Å². The van der Waals surface area contributed by atoms with Crippen molar-refractivity contribution in [1.29, 1.82) is 0 Å². The van der Waals surface area contributed by atoms with Crippen LogP contribution in [0.3, 0.4) is 0 Å². The minimum atomic E-state index is -3.81. The molecule has 0 spiro atoms. The quantitative estimate of drug-likeness (QED) is 0.489. The van der Waals surface area contributed by atoms with Crippen molar-refractivity contribution >= 4 is 33.2 Å². The van der Waals surface area contributed by atoms with Gasteiger partial charge in [0.15, 0.2) is 0 Å². The van der Waals surface area contributed by atoms with Crippen LogP contribution in [0.15, 0.2) is 83.8 Å². The third kappa shape index (κ3) is 4.97. The van der Waals surface area contributed by atoms with Crippen LogP contribution in [0.1, 0.15) is 35.2 Å². The van der Waals surface area contributed by atoms with E-state index in [0.29, 0.717) is 16.3 Å². The molecule has 0 unspecified atom stereocenters. The van der Waals surface area contributed by atoms with E-state index in [2.05, 4.69) is 0 Å². The zero-order valence-electron chi connectivity index (χ0n) is 17.7. The van der Waals surface area contributed by atoms with Crippen molar-refractivity contribution in [3.63, 3.8) is 0 Å². The molecule has 0 aliphatic carbocycles. The fourth-order valence-electron chi connectivity index (χ4n) is 3.84. The van der Waals surface area contributed by atoms with E-state index in [1.807, 2.05) is 17.0 Å². The summed E-state index contributed by atoms with van der Waals surface area (Å²) >= 11 is 5.99. The minimum Gasteiger partial charge on any atom is -0.339 e. The van der Waals surface area contributed by atoms with Gasteiger partial charge >= 0.3 is 0 Å². The monoisotopic (exact) mass is 468 g/mol. The zero-order chi connectivity index (χ0) is 22.6. The first kappa shape index (κ1) is 22.4. The number of hydrogen-bond acceptors (Lipinski definition) is 3. The van der Waals surface area contributed by atoms with Crippen LogP contribution >= 0.6 is 11.6 Å². The van der Waals surface area contributed by atoms with Gasteiger partial charge in [-0.2, -0.15) is 0 Å². The number of anilines is 1. The number of amides is 1. The van der Waals surface area contributed by atoms with Gasteiger partial charge in [0.1, 0.15) is 0 Å². The van der Waals surface area contributed by atoms with Crippen molar-refractivity contribution in [1.82, 2.24) is 4.90 Å². The van der Waals surface area contributed by atoms with Crippen molar-refractivity contribution in [2.45, 2.75) is 30.7 Å². The van der Waals surface area contributed by atoms with Gasteiger partial charge in [-0.15, -0.1) is 0 Å². The Hall–Kier alpha value is -2.83. The molecule has 0 atom stereocenters. The Morgan fingerprint density at radius 2 is 1.47 bits per heavy atom. The first-order valence-electron chi connectivity index (χ1n) is 10.7. The Morgan fingerprint density at radius 1 is 0.844 bits per heavy atom. The highest BCUT2D eigenvalue weighted by atomic mass is 35.5. The molecule has 7 heteroatoms. The molecule has 32 heavy (non-hydrogen) atoms. The van der Waals surface area contributed by atoms with Gasteiger partial charge in [0.05, 0.1) is 17.1 Å². The highest BCUT2D eigenvalue weighted by molar-refractivity contribution is 7.92. The Kier molecular flexibility index (Phi) is 6.82. The number of halogens is 1. The van der Waals surface area contributed by atoms with Crippen LogP contribution < -0.4 is 4.31 Å². The number of sulfonamides is 1. The molecule has 0 saturated carbocycles. The Bertz CT molecular complexity index is 1160. The molecule has 3 aromatic carbocycles. The molecule has 1 heterocycles. The molecule has 0 radical (unpaired) electrons. The number of likely N-dealkylation sites (tertiary alicyclic amines) is 1. The van der Waals surface area contributed by atoms with E-state index in [-0.39, 0.29) is 17.3 Å². The maximum absolute atomic E-state index is 13.5. The molecule has 3 aromatic rings. The second kappa shape index (κ2) is 9.76. The van der Waals surface area contributed by atoms with Gasteiger partial charge in [-0.1, -0.05) is 41.9 Å². The number of benzene rings is 3. The molecule has 1 aliphatic heterocycles. The first-order valence-corrected chi connectivity index (χ1v) is 12.5. The van der Waals surface area contributed by atoms with E-state index in [0.717, 1.165) is 37.9 Å². The number of rotatable bonds is 6. The summed E-state index contributed by atoms with van der Waals surface area (Å²) in [6.45, 7) is 1.69. The molecule has 166 valence electrons. The van der Waals surface area contributed by atoms with E-state index >= 15 is 0 Å². The lowest BCUT2D eigenvalue weighted by atomic mass is 10.1. The summed E-state index contributed by atoms with van der Waals surface area (Å²) in [5.74, 6) is -0.00795. The maximum Gasteiger partial charge on any atom is 0.264 e. The van der Waals surface area contributed by atoms with Crippen molar-refractivity contribution in [3.8, 4) is 0 Å². The lowest BCUT2D eigenvalue weighted by Gasteiger charge is -2.27. The fraction of sp³-hybridized carbons (Fsp3) is 0.240. The van der Waals surface area contributed by atoms with Gasteiger partial charge in [0.2, 0.25) is 0 Å². The van der Waals surface area contributed by atoms with Gasteiger partial charge in [0, 0.05) is 23.7 Å². The molecule has 1 fully saturated rings. The highest BCUT2D eigenvalue weighted by Gasteiger charge is 2.26. The molecule has 0 N–H and O–H groups in total. The van der Waals surface area contributed by atoms with Gasteiger partial charge in [-0.25, -0.2) is 8.42 Å². The Balaban J connectivity index is 1.66. The largest absolute Gasteiger partial charge is 0.339 e. The van der Waals surface area contributed by atoms with E-state index in [1.165, 1.54) is 4.31 Å². The summed E-state index contributed by atoms with van der Waals surface area (Å²) in [5, 5.41) is 0.590. The van der Waals surface area contributed by atoms with Gasteiger partial charge in [-0.3, -0.25) is 9.10 Å². The number of nitrogens with zero attached hydrogens (tertiary/aromatic N) is 2. The smallest absolute Gasteiger partial charge is 0.264 e. The van der Waals surface area contributed by atoms with Crippen LogP contribution in [0.5, 0.6) is 0 Å². The van der Waals surface area contributed by atoms with Crippen LogP contribution in [-0.2, 0) is 16.6 Å². The third-order valence-corrected chi connectivity index (χ3v) is 7.66. The van der Waals surface area contributed by atoms with Crippen molar-refractivity contribution < 1.29 is 13.2 Å². The Labute approximate surface area is 194 Å². The van der Waals surface area contributed by atoms with Crippen LogP contribution in [0.25, 0.3) is 0 Å². The molecule has 1 saturated heterocycles. The fourth-order valence-corrected chi connectivity index (χ4v) is 5.44. The topological polar surface area (TPSA) is 57.7 Å². The minimum absolute atomic E-state index is 0.00795. The molecule has 0 aromatic heterocycles. The molecular weight excluding hydrogens is 444 g/mol. The standard InChI is InChI=1S/C25H25ClN2O3S/c26-22-13-9-20(10-14-22)19-28(32(30,31)24-7-3-1-4-8-24)23-15-11-21(12-16-23)25(29)27-17-5-2-6-18-27/h1,3-4,7-16H,2,5-6,17-19H2. The SMILES string of the molecule is O=C(c1ccc(N(Cc2ccc(Cl)cc2)S(=O)(=O)c2ccccc2)cc1)N1CCCCC1. The molecule has 1 aliphatic rings. The predicted octanol–water partition coefficient (Wildman–Crippen LogP) is 5.36. The van der Waals surface area contributed by atoms with E-state index in [4.69, 9.17) is 11.6 Å². The predicted molar refractivity (Wildman–Crippen MR) is 127 cm³/mol. The first-order chi connectivity index (χ1) is 15.4. The third-order valence-electron chi connectivity index (χ3n) is 5.62. The lowest BCUT2D eigenvalue weighted by molar-refractivity contribution is 0.0724. The van der Waals surface area contributed by atoms with E-state index in [1.54, 1.807) is 66.7 Å². The summed E-state index contributed by atoms with van der Waals surface area (Å²) in [6.07, 6.45) is 3.20. The van der Waals surface area contributed by atoms with Crippen LogP contribution in [0.2, 0.25) is 5.02 Å². The van der Waals surface area contributed by atoms with Gasteiger partial charge in [0.25, 0.3) is 15.9 Å². The van der Waals surface area contributed by atoms with Crippen molar-refractivity contribution in [2.75, 3.05) is 17.4 Å². The van der Waals surface area contributed by atoms with Gasteiger partial charge in [-0.05, 0) is 73.4 Å². The van der Waals surface area contributed by atoms with E-state index in [9.17, 15) is 13.2 Å². The summed E-state index contributed by atoms with van der Waals surface area (Å²) in [7, 11) is -3.81. The number of carbonyl (C=O) groups excluding carboxylic acids is 1. The molecular formula is C25H25ClN2O3S. The molecule has 0 bridgehead atoms. The number of piperidine rings is 1. The van der Waals surface area contributed by atoms with Crippen LogP contribution in [0, 0.1) is 0 Å². The molecule has 1 amide bonds. The van der Waals surface area contributed by atoms with Crippen molar-refractivity contribution in [3.05, 3.63) is 95.0 Å².